The highest BCUT2D eigenvalue weighted by Crippen LogP contribution is 2.19. The van der Waals surface area contributed by atoms with Gasteiger partial charge in [0.2, 0.25) is 5.91 Å². The molecule has 1 rings (SSSR count). The molecular formula is C11H15ClN2O. The molecule has 4 heteroatoms. The SMILES string of the molecule is Cc1ccc(NC(=O)CCCN)cc1Cl. The van der Waals surface area contributed by atoms with Gasteiger partial charge in [-0.1, -0.05) is 17.7 Å². The van der Waals surface area contributed by atoms with Gasteiger partial charge in [0.15, 0.2) is 0 Å². The van der Waals surface area contributed by atoms with Crippen LogP contribution in [0.5, 0.6) is 0 Å². The maximum atomic E-state index is 11.4. The number of carbonyl (C=O) groups is 1. The van der Waals surface area contributed by atoms with Crippen LogP contribution in [-0.2, 0) is 4.79 Å². The third-order valence-electron chi connectivity index (χ3n) is 2.06. The number of rotatable bonds is 4. The number of nitrogens with two attached hydrogens (primary N) is 1. The molecule has 1 aromatic rings. The molecule has 0 unspecified atom stereocenters. The molecule has 82 valence electrons. The van der Waals surface area contributed by atoms with Crippen molar-refractivity contribution in [3.05, 3.63) is 28.8 Å². The van der Waals surface area contributed by atoms with E-state index in [1.54, 1.807) is 6.07 Å². The van der Waals surface area contributed by atoms with Crippen molar-refractivity contribution >= 4 is 23.2 Å². The summed E-state index contributed by atoms with van der Waals surface area (Å²) in [4.78, 5) is 11.4. The molecule has 0 aliphatic rings. The van der Waals surface area contributed by atoms with Crippen LogP contribution in [0, 0.1) is 6.92 Å². The van der Waals surface area contributed by atoms with Crippen molar-refractivity contribution in [2.75, 3.05) is 11.9 Å². The summed E-state index contributed by atoms with van der Waals surface area (Å²) >= 11 is 5.93. The summed E-state index contributed by atoms with van der Waals surface area (Å²) in [5.41, 5.74) is 7.04. The first kappa shape index (κ1) is 12.0. The van der Waals surface area contributed by atoms with Crippen molar-refractivity contribution in [3.63, 3.8) is 0 Å². The van der Waals surface area contributed by atoms with Crippen LogP contribution in [0.3, 0.4) is 0 Å². The standard InChI is InChI=1S/C11H15ClN2O/c1-8-4-5-9(7-10(8)12)14-11(15)3-2-6-13/h4-5,7H,2-3,6,13H2,1H3,(H,14,15). The minimum atomic E-state index is -0.0274. The monoisotopic (exact) mass is 226 g/mol. The normalized spacial score (nSPS) is 10.1. The lowest BCUT2D eigenvalue weighted by Gasteiger charge is -2.06. The van der Waals surface area contributed by atoms with E-state index in [0.29, 0.717) is 24.4 Å². The van der Waals surface area contributed by atoms with Gasteiger partial charge in [-0.3, -0.25) is 4.79 Å². The topological polar surface area (TPSA) is 55.1 Å². The lowest BCUT2D eigenvalue weighted by atomic mass is 10.2. The molecule has 3 nitrogen and oxygen atoms in total. The highest BCUT2D eigenvalue weighted by Gasteiger charge is 2.02. The molecule has 0 bridgehead atoms. The van der Waals surface area contributed by atoms with E-state index < -0.39 is 0 Å². The lowest BCUT2D eigenvalue weighted by Crippen LogP contribution is -2.13. The van der Waals surface area contributed by atoms with Gasteiger partial charge in [0.25, 0.3) is 0 Å². The molecule has 0 atom stereocenters. The Bertz CT molecular complexity index is 352. The number of hydrogen-bond donors (Lipinski definition) is 2. The molecule has 0 aromatic heterocycles. The maximum absolute atomic E-state index is 11.4. The second-order valence-electron chi connectivity index (χ2n) is 3.40. The number of halogens is 1. The van der Waals surface area contributed by atoms with E-state index in [9.17, 15) is 4.79 Å². The average Bonchev–Trinajstić information content (AvgIpc) is 2.20. The van der Waals surface area contributed by atoms with Gasteiger partial charge in [-0.2, -0.15) is 0 Å². The van der Waals surface area contributed by atoms with Crippen molar-refractivity contribution in [3.8, 4) is 0 Å². The Labute approximate surface area is 94.6 Å². The number of nitrogens with one attached hydrogen (secondary N) is 1. The van der Waals surface area contributed by atoms with E-state index >= 15 is 0 Å². The molecule has 0 radical (unpaired) electrons. The highest BCUT2D eigenvalue weighted by molar-refractivity contribution is 6.31. The fraction of sp³-hybridized carbons (Fsp3) is 0.364. The van der Waals surface area contributed by atoms with Crippen LogP contribution in [0.15, 0.2) is 18.2 Å². The number of hydrogen-bond acceptors (Lipinski definition) is 2. The zero-order chi connectivity index (χ0) is 11.3. The Hall–Kier alpha value is -1.06. The van der Waals surface area contributed by atoms with Gasteiger partial charge in [-0.25, -0.2) is 0 Å². The van der Waals surface area contributed by atoms with Crippen LogP contribution in [-0.4, -0.2) is 12.5 Å². The van der Waals surface area contributed by atoms with Crippen LogP contribution in [0.1, 0.15) is 18.4 Å². The predicted octanol–water partition coefficient (Wildman–Crippen LogP) is 2.33. The van der Waals surface area contributed by atoms with Crippen LogP contribution in [0.4, 0.5) is 5.69 Å². The van der Waals surface area contributed by atoms with Gasteiger partial charge in [-0.05, 0) is 37.6 Å². The molecule has 1 amide bonds. The molecule has 0 spiro atoms. The van der Waals surface area contributed by atoms with E-state index in [1.165, 1.54) is 0 Å². The Morgan fingerprint density at radius 3 is 2.87 bits per heavy atom. The number of amides is 1. The van der Waals surface area contributed by atoms with Gasteiger partial charge in [0, 0.05) is 17.1 Å². The van der Waals surface area contributed by atoms with Gasteiger partial charge in [0.1, 0.15) is 0 Å². The zero-order valence-corrected chi connectivity index (χ0v) is 9.47. The van der Waals surface area contributed by atoms with E-state index in [4.69, 9.17) is 17.3 Å². The van der Waals surface area contributed by atoms with Crippen LogP contribution >= 0.6 is 11.6 Å². The van der Waals surface area contributed by atoms with Crippen molar-refractivity contribution in [1.82, 2.24) is 0 Å². The summed E-state index contributed by atoms with van der Waals surface area (Å²) in [7, 11) is 0. The first-order valence-electron chi connectivity index (χ1n) is 4.89. The lowest BCUT2D eigenvalue weighted by molar-refractivity contribution is -0.116. The van der Waals surface area contributed by atoms with Crippen molar-refractivity contribution in [2.24, 2.45) is 5.73 Å². The van der Waals surface area contributed by atoms with Crippen molar-refractivity contribution < 1.29 is 4.79 Å². The van der Waals surface area contributed by atoms with E-state index in [-0.39, 0.29) is 5.91 Å². The Kier molecular flexibility index (Phi) is 4.59. The molecule has 0 saturated carbocycles. The zero-order valence-electron chi connectivity index (χ0n) is 8.72. The number of anilines is 1. The summed E-state index contributed by atoms with van der Waals surface area (Å²) in [6, 6.07) is 5.46. The second-order valence-corrected chi connectivity index (χ2v) is 3.81. The summed E-state index contributed by atoms with van der Waals surface area (Å²) in [5.74, 6) is -0.0274. The van der Waals surface area contributed by atoms with Crippen molar-refractivity contribution in [1.29, 1.82) is 0 Å². The molecule has 0 fully saturated rings. The smallest absolute Gasteiger partial charge is 0.224 e. The predicted molar refractivity (Wildman–Crippen MR) is 63.1 cm³/mol. The quantitative estimate of drug-likeness (QED) is 0.828. The molecule has 0 saturated heterocycles. The Morgan fingerprint density at radius 2 is 2.27 bits per heavy atom. The third-order valence-corrected chi connectivity index (χ3v) is 2.47. The van der Waals surface area contributed by atoms with E-state index in [1.807, 2.05) is 19.1 Å². The third kappa shape index (κ3) is 3.90. The van der Waals surface area contributed by atoms with Gasteiger partial charge in [-0.15, -0.1) is 0 Å². The molecule has 15 heavy (non-hydrogen) atoms. The van der Waals surface area contributed by atoms with E-state index in [2.05, 4.69) is 5.32 Å². The van der Waals surface area contributed by atoms with Gasteiger partial charge < -0.3 is 11.1 Å². The minimum Gasteiger partial charge on any atom is -0.330 e. The molecule has 0 heterocycles. The molecule has 3 N–H and O–H groups in total. The maximum Gasteiger partial charge on any atom is 0.224 e. The fourth-order valence-corrected chi connectivity index (χ4v) is 1.34. The summed E-state index contributed by atoms with van der Waals surface area (Å²) in [6.07, 6.45) is 1.15. The second kappa shape index (κ2) is 5.73. The van der Waals surface area contributed by atoms with Gasteiger partial charge >= 0.3 is 0 Å². The summed E-state index contributed by atoms with van der Waals surface area (Å²) in [6.45, 7) is 2.45. The van der Waals surface area contributed by atoms with Gasteiger partial charge in [0.05, 0.1) is 0 Å². The number of carbonyl (C=O) groups excluding carboxylic acids is 1. The highest BCUT2D eigenvalue weighted by atomic mass is 35.5. The first-order valence-corrected chi connectivity index (χ1v) is 5.27. The molecular weight excluding hydrogens is 212 g/mol. The molecule has 0 aliphatic heterocycles. The Morgan fingerprint density at radius 1 is 1.53 bits per heavy atom. The molecule has 1 aromatic carbocycles. The van der Waals surface area contributed by atoms with E-state index in [0.717, 1.165) is 11.3 Å². The first-order chi connectivity index (χ1) is 7.13. The number of aryl methyl sites for hydroxylation is 1. The Balaban J connectivity index is 2.57. The van der Waals surface area contributed by atoms with Crippen molar-refractivity contribution in [2.45, 2.75) is 19.8 Å². The summed E-state index contributed by atoms with van der Waals surface area (Å²) in [5, 5.41) is 3.42. The average molecular weight is 227 g/mol. The van der Waals surface area contributed by atoms with Crippen LogP contribution in [0.2, 0.25) is 5.02 Å². The fourth-order valence-electron chi connectivity index (χ4n) is 1.16. The molecule has 0 aliphatic carbocycles. The van der Waals surface area contributed by atoms with Crippen LogP contribution < -0.4 is 11.1 Å². The largest absolute Gasteiger partial charge is 0.330 e. The van der Waals surface area contributed by atoms with Crippen LogP contribution in [0.25, 0.3) is 0 Å². The minimum absolute atomic E-state index is 0.0274. The summed E-state index contributed by atoms with van der Waals surface area (Å²) < 4.78 is 0. The number of benzene rings is 1.